The van der Waals surface area contributed by atoms with Gasteiger partial charge in [0.15, 0.2) is 17.7 Å². The highest BCUT2D eigenvalue weighted by atomic mass is 32.5. The minimum absolute atomic E-state index is 0.184. The molecule has 0 bridgehead atoms. The molecule has 0 spiro atoms. The van der Waals surface area contributed by atoms with E-state index < -0.39 is 30.7 Å². The van der Waals surface area contributed by atoms with Gasteiger partial charge in [0.25, 0.3) is 5.76 Å². The molecule has 10 heteroatoms. The number of rotatable bonds is 3. The van der Waals surface area contributed by atoms with Gasteiger partial charge in [-0.1, -0.05) is 0 Å². The second-order valence-electron chi connectivity index (χ2n) is 5.11. The highest BCUT2D eigenvalue weighted by Crippen LogP contribution is 2.56. The van der Waals surface area contributed by atoms with Gasteiger partial charge in [0.05, 0.1) is 19.8 Å². The molecule has 2 saturated heterocycles. The molecule has 21 heavy (non-hydrogen) atoms. The van der Waals surface area contributed by atoms with Crippen molar-refractivity contribution in [3.8, 4) is 0 Å². The van der Waals surface area contributed by atoms with Gasteiger partial charge in [0.2, 0.25) is 0 Å². The van der Waals surface area contributed by atoms with Crippen LogP contribution in [0, 0.1) is 0 Å². The fourth-order valence-corrected chi connectivity index (χ4v) is 4.00. The molecule has 0 aromatic rings. The van der Waals surface area contributed by atoms with Gasteiger partial charge in [-0.15, -0.1) is 0 Å². The zero-order valence-electron chi connectivity index (χ0n) is 11.4. The second-order valence-corrected chi connectivity index (χ2v) is 8.05. The summed E-state index contributed by atoms with van der Waals surface area (Å²) in [6.45, 7) is 1.18. The van der Waals surface area contributed by atoms with Gasteiger partial charge in [0, 0.05) is 11.8 Å². The predicted molar refractivity (Wildman–Crippen MR) is 71.7 cm³/mol. The maximum absolute atomic E-state index is 11.8. The molecule has 0 radical (unpaired) electrons. The van der Waals surface area contributed by atoms with Gasteiger partial charge in [0.1, 0.15) is 6.10 Å². The van der Waals surface area contributed by atoms with E-state index in [0.29, 0.717) is 0 Å². The second kappa shape index (κ2) is 5.19. The maximum Gasteiger partial charge on any atom is 0.381 e. The van der Waals surface area contributed by atoms with Gasteiger partial charge in [-0.25, -0.2) is 4.79 Å². The van der Waals surface area contributed by atoms with Crippen molar-refractivity contribution in [1.29, 1.82) is 0 Å². The van der Waals surface area contributed by atoms with E-state index in [9.17, 15) is 9.90 Å². The van der Waals surface area contributed by atoms with Crippen molar-refractivity contribution in [2.45, 2.75) is 31.8 Å². The van der Waals surface area contributed by atoms with E-state index >= 15 is 0 Å². The standard InChI is InChI=1S/C11H15O8PS/c1-11(2)14-5-6(18-11)8-7(12)9(10(13)17-8)19-20(21)15-3-4-16-20/h6,8,12H,3-5H2,1-2H3/t6-,8+/m0/s1. The minimum Gasteiger partial charge on any atom is -0.505 e. The van der Waals surface area contributed by atoms with E-state index in [1.165, 1.54) is 0 Å². The van der Waals surface area contributed by atoms with E-state index in [0.717, 1.165) is 0 Å². The number of carbonyl (C=O) groups excluding carboxylic acids is 1. The van der Waals surface area contributed by atoms with Crippen molar-refractivity contribution in [3.05, 3.63) is 11.5 Å². The zero-order chi connectivity index (χ0) is 15.3. The van der Waals surface area contributed by atoms with Crippen LogP contribution in [0.4, 0.5) is 0 Å². The van der Waals surface area contributed by atoms with Crippen molar-refractivity contribution >= 4 is 24.5 Å². The lowest BCUT2D eigenvalue weighted by Gasteiger charge is -2.19. The van der Waals surface area contributed by atoms with Gasteiger partial charge in [-0.05, 0) is 13.8 Å². The third-order valence-corrected chi connectivity index (χ3v) is 5.33. The fourth-order valence-electron chi connectivity index (χ4n) is 2.16. The lowest BCUT2D eigenvalue weighted by atomic mass is 10.2. The summed E-state index contributed by atoms with van der Waals surface area (Å²) in [5, 5.41) is 10.2. The molecule has 0 aromatic heterocycles. The zero-order valence-corrected chi connectivity index (χ0v) is 13.1. The van der Waals surface area contributed by atoms with Gasteiger partial charge in [-0.3, -0.25) is 9.05 Å². The summed E-state index contributed by atoms with van der Waals surface area (Å²) in [5.41, 5.74) is 0. The van der Waals surface area contributed by atoms with Crippen LogP contribution in [0.1, 0.15) is 13.8 Å². The predicted octanol–water partition coefficient (Wildman–Crippen LogP) is 1.12. The van der Waals surface area contributed by atoms with Gasteiger partial charge < -0.3 is 23.8 Å². The van der Waals surface area contributed by atoms with Crippen molar-refractivity contribution in [1.82, 2.24) is 0 Å². The number of hydrogen-bond acceptors (Lipinski definition) is 9. The smallest absolute Gasteiger partial charge is 0.381 e. The molecule has 1 N–H and O–H groups in total. The van der Waals surface area contributed by atoms with Crippen LogP contribution in [0.3, 0.4) is 0 Å². The van der Waals surface area contributed by atoms with Crippen molar-refractivity contribution in [3.63, 3.8) is 0 Å². The normalized spacial score (nSPS) is 34.3. The largest absolute Gasteiger partial charge is 0.505 e. The van der Waals surface area contributed by atoms with Crippen LogP contribution in [-0.4, -0.2) is 48.9 Å². The van der Waals surface area contributed by atoms with Crippen LogP contribution >= 0.6 is 6.72 Å². The fraction of sp³-hybridized carbons (Fsp3) is 0.727. The Hall–Kier alpha value is -0.700. The van der Waals surface area contributed by atoms with Crippen molar-refractivity contribution in [2.75, 3.05) is 19.8 Å². The summed E-state index contributed by atoms with van der Waals surface area (Å²) in [4.78, 5) is 11.8. The summed E-state index contributed by atoms with van der Waals surface area (Å²) in [6, 6.07) is 0. The highest BCUT2D eigenvalue weighted by Gasteiger charge is 2.48. The summed E-state index contributed by atoms with van der Waals surface area (Å²) >= 11 is 5.05. The topological polar surface area (TPSA) is 92.7 Å². The lowest BCUT2D eigenvalue weighted by molar-refractivity contribution is -0.162. The third kappa shape index (κ3) is 2.94. The Kier molecular flexibility index (Phi) is 3.76. The number of cyclic esters (lactones) is 1. The first kappa shape index (κ1) is 15.2. The molecule has 0 aliphatic carbocycles. The molecule has 3 aliphatic rings. The molecule has 3 aliphatic heterocycles. The van der Waals surface area contributed by atoms with Crippen LogP contribution in [0.5, 0.6) is 0 Å². The van der Waals surface area contributed by atoms with Gasteiger partial charge >= 0.3 is 12.7 Å². The van der Waals surface area contributed by atoms with E-state index in [1.54, 1.807) is 13.8 Å². The number of aliphatic hydroxyl groups excluding tert-OH is 1. The van der Waals surface area contributed by atoms with E-state index in [-0.39, 0.29) is 31.3 Å². The lowest BCUT2D eigenvalue weighted by Crippen LogP contribution is -2.32. The molecule has 2 atom stereocenters. The van der Waals surface area contributed by atoms with Crippen LogP contribution in [0.25, 0.3) is 0 Å². The molecule has 3 rings (SSSR count). The Morgan fingerprint density at radius 1 is 1.38 bits per heavy atom. The number of hydrogen-bond donors (Lipinski definition) is 1. The monoisotopic (exact) mass is 338 g/mol. The van der Waals surface area contributed by atoms with E-state index in [1.807, 2.05) is 0 Å². The average molecular weight is 338 g/mol. The molecule has 3 heterocycles. The third-order valence-electron chi connectivity index (χ3n) is 3.07. The Morgan fingerprint density at radius 3 is 2.62 bits per heavy atom. The number of ether oxygens (including phenoxy) is 3. The molecule has 8 nitrogen and oxygen atoms in total. The Labute approximate surface area is 126 Å². The van der Waals surface area contributed by atoms with E-state index in [2.05, 4.69) is 0 Å². The van der Waals surface area contributed by atoms with Gasteiger partial charge in [-0.2, -0.15) is 0 Å². The molecule has 2 fully saturated rings. The minimum atomic E-state index is -3.03. The molecule has 0 amide bonds. The van der Waals surface area contributed by atoms with Crippen molar-refractivity contribution in [2.24, 2.45) is 0 Å². The van der Waals surface area contributed by atoms with Crippen molar-refractivity contribution < 1.29 is 37.7 Å². The summed E-state index contributed by atoms with van der Waals surface area (Å²) in [5.74, 6) is -2.38. The molecule has 0 saturated carbocycles. The quantitative estimate of drug-likeness (QED) is 0.600. The molecule has 0 unspecified atom stereocenters. The summed E-state index contributed by atoms with van der Waals surface area (Å²) in [6.07, 6.45) is -1.60. The number of aliphatic hydroxyl groups is 1. The Morgan fingerprint density at radius 2 is 2.05 bits per heavy atom. The summed E-state index contributed by atoms with van der Waals surface area (Å²) < 4.78 is 31.6. The van der Waals surface area contributed by atoms with Crippen LogP contribution in [0.2, 0.25) is 0 Å². The Balaban J connectivity index is 1.77. The number of esters is 1. The Bertz CT molecular complexity index is 534. The van der Waals surface area contributed by atoms with E-state index in [4.69, 9.17) is 39.6 Å². The first-order chi connectivity index (χ1) is 9.80. The SMILES string of the molecule is CC1(C)OC[C@@H]([C@H]2OC(=O)C(OP3(=S)OCCO3)=C2O)O1. The molecular formula is C11H15O8PS. The molecule has 0 aromatic carbocycles. The molecular weight excluding hydrogens is 323 g/mol. The van der Waals surface area contributed by atoms with Crippen LogP contribution < -0.4 is 0 Å². The summed E-state index contributed by atoms with van der Waals surface area (Å²) in [7, 11) is 0. The maximum atomic E-state index is 11.8. The number of carbonyl (C=O) groups is 1. The molecule has 118 valence electrons. The van der Waals surface area contributed by atoms with Crippen LogP contribution in [0.15, 0.2) is 11.5 Å². The first-order valence-electron chi connectivity index (χ1n) is 6.34. The highest BCUT2D eigenvalue weighted by molar-refractivity contribution is 8.07. The van der Waals surface area contributed by atoms with Crippen LogP contribution in [-0.2, 0) is 44.4 Å². The average Bonchev–Trinajstić information content (AvgIpc) is 3.05. The first-order valence-corrected chi connectivity index (χ1v) is 8.90.